The van der Waals surface area contributed by atoms with Gasteiger partial charge in [-0.1, -0.05) is 24.3 Å². The molecule has 1 aliphatic heterocycles. The van der Waals surface area contributed by atoms with Gasteiger partial charge in [-0.05, 0) is 42.7 Å². The van der Waals surface area contributed by atoms with Gasteiger partial charge in [-0.25, -0.2) is 0 Å². The third-order valence-corrected chi connectivity index (χ3v) is 4.46. The molecule has 0 bridgehead atoms. The van der Waals surface area contributed by atoms with Crippen LogP contribution in [0, 0.1) is 6.92 Å². The minimum Gasteiger partial charge on any atom is -0.496 e. The zero-order valence-electron chi connectivity index (χ0n) is 14.5. The monoisotopic (exact) mass is 338 g/mol. The Balaban J connectivity index is 1.66. The van der Waals surface area contributed by atoms with Crippen molar-refractivity contribution in [2.45, 2.75) is 26.3 Å². The van der Waals surface area contributed by atoms with Crippen LogP contribution >= 0.6 is 0 Å². The first kappa shape index (κ1) is 17.0. The molecule has 25 heavy (non-hydrogen) atoms. The molecular formula is C20H22N2O3. The number of hydrogen-bond donors (Lipinski definition) is 1. The Bertz CT molecular complexity index is 784. The van der Waals surface area contributed by atoms with Gasteiger partial charge in [0.15, 0.2) is 0 Å². The summed E-state index contributed by atoms with van der Waals surface area (Å²) in [5.74, 6) is 0.585. The summed E-state index contributed by atoms with van der Waals surface area (Å²) in [7, 11) is 1.56. The third-order valence-electron chi connectivity index (χ3n) is 4.46. The third kappa shape index (κ3) is 3.65. The van der Waals surface area contributed by atoms with E-state index in [9.17, 15) is 9.59 Å². The Morgan fingerprint density at radius 2 is 1.96 bits per heavy atom. The van der Waals surface area contributed by atoms with E-state index >= 15 is 0 Å². The highest BCUT2D eigenvalue weighted by Crippen LogP contribution is 2.23. The van der Waals surface area contributed by atoms with Crippen LogP contribution in [0.1, 0.15) is 34.3 Å². The largest absolute Gasteiger partial charge is 0.496 e. The number of benzene rings is 2. The van der Waals surface area contributed by atoms with Crippen LogP contribution in [0.25, 0.3) is 0 Å². The lowest BCUT2D eigenvalue weighted by Gasteiger charge is -2.16. The molecule has 0 aromatic heterocycles. The predicted molar refractivity (Wildman–Crippen MR) is 96.9 cm³/mol. The summed E-state index contributed by atoms with van der Waals surface area (Å²) in [5.41, 5.74) is 3.33. The predicted octanol–water partition coefficient (Wildman–Crippen LogP) is 3.06. The van der Waals surface area contributed by atoms with Gasteiger partial charge in [0.1, 0.15) is 5.75 Å². The molecular weight excluding hydrogens is 316 g/mol. The average Bonchev–Trinajstić information content (AvgIpc) is 3.05. The number of carbonyl (C=O) groups excluding carboxylic acids is 2. The number of aryl methyl sites for hydroxylation is 1. The second kappa shape index (κ2) is 7.38. The highest BCUT2D eigenvalue weighted by Gasteiger charge is 2.21. The van der Waals surface area contributed by atoms with Gasteiger partial charge >= 0.3 is 0 Å². The fourth-order valence-corrected chi connectivity index (χ4v) is 3.09. The Labute approximate surface area is 147 Å². The van der Waals surface area contributed by atoms with Crippen molar-refractivity contribution in [1.82, 2.24) is 5.32 Å². The molecule has 1 heterocycles. The minimum atomic E-state index is -0.159. The van der Waals surface area contributed by atoms with Gasteiger partial charge in [-0.15, -0.1) is 0 Å². The Morgan fingerprint density at radius 3 is 2.60 bits per heavy atom. The fourth-order valence-electron chi connectivity index (χ4n) is 3.09. The average molecular weight is 338 g/mol. The van der Waals surface area contributed by atoms with Crippen molar-refractivity contribution in [3.05, 3.63) is 59.2 Å². The molecule has 5 heteroatoms. The topological polar surface area (TPSA) is 58.6 Å². The van der Waals surface area contributed by atoms with Crippen molar-refractivity contribution < 1.29 is 14.3 Å². The highest BCUT2D eigenvalue weighted by molar-refractivity contribution is 5.98. The number of nitrogens with one attached hydrogen (secondary N) is 1. The number of carbonyl (C=O) groups is 2. The summed E-state index contributed by atoms with van der Waals surface area (Å²) in [6.45, 7) is 3.09. The van der Waals surface area contributed by atoms with Crippen LogP contribution in [0.4, 0.5) is 5.69 Å². The molecule has 2 aromatic rings. The van der Waals surface area contributed by atoms with Crippen LogP contribution in [-0.4, -0.2) is 25.5 Å². The highest BCUT2D eigenvalue weighted by atomic mass is 16.5. The molecule has 0 atom stereocenters. The van der Waals surface area contributed by atoms with Crippen LogP contribution in [0.15, 0.2) is 42.5 Å². The molecule has 5 nitrogen and oxygen atoms in total. The van der Waals surface area contributed by atoms with E-state index in [0.717, 1.165) is 29.8 Å². The van der Waals surface area contributed by atoms with E-state index in [1.54, 1.807) is 18.1 Å². The van der Waals surface area contributed by atoms with E-state index < -0.39 is 0 Å². The number of amides is 2. The van der Waals surface area contributed by atoms with Crippen LogP contribution in [0.2, 0.25) is 0 Å². The maximum absolute atomic E-state index is 12.5. The van der Waals surface area contributed by atoms with E-state index in [2.05, 4.69) is 5.32 Å². The Kier molecular flexibility index (Phi) is 5.03. The Morgan fingerprint density at radius 1 is 1.20 bits per heavy atom. The standard InChI is InChI=1S/C20H22N2O3/c1-14-5-3-6-17(25-2)19(14)20(24)21-13-15-8-10-16(11-9-15)22-12-4-7-18(22)23/h3,5-6,8-11H,4,7,12-13H2,1-2H3,(H,21,24). The summed E-state index contributed by atoms with van der Waals surface area (Å²) in [6.07, 6.45) is 1.53. The van der Waals surface area contributed by atoms with Gasteiger partial charge in [-0.2, -0.15) is 0 Å². The van der Waals surface area contributed by atoms with E-state index in [1.165, 1.54) is 0 Å². The van der Waals surface area contributed by atoms with Crippen LogP contribution in [0.3, 0.4) is 0 Å². The van der Waals surface area contributed by atoms with E-state index in [1.807, 2.05) is 43.3 Å². The first-order valence-electron chi connectivity index (χ1n) is 8.41. The smallest absolute Gasteiger partial charge is 0.255 e. The summed E-state index contributed by atoms with van der Waals surface area (Å²) in [4.78, 5) is 26.1. The van der Waals surface area contributed by atoms with Crippen LogP contribution in [-0.2, 0) is 11.3 Å². The van der Waals surface area contributed by atoms with Crippen molar-refractivity contribution in [2.24, 2.45) is 0 Å². The zero-order chi connectivity index (χ0) is 17.8. The van der Waals surface area contributed by atoms with E-state index in [4.69, 9.17) is 4.74 Å². The van der Waals surface area contributed by atoms with Crippen molar-refractivity contribution >= 4 is 17.5 Å². The van der Waals surface area contributed by atoms with Gasteiger partial charge in [0.2, 0.25) is 5.91 Å². The lowest BCUT2D eigenvalue weighted by Crippen LogP contribution is -2.25. The minimum absolute atomic E-state index is 0.159. The summed E-state index contributed by atoms with van der Waals surface area (Å²) >= 11 is 0. The quantitative estimate of drug-likeness (QED) is 0.911. The fraction of sp³-hybridized carbons (Fsp3) is 0.300. The molecule has 1 saturated heterocycles. The van der Waals surface area contributed by atoms with Crippen molar-refractivity contribution in [2.75, 3.05) is 18.6 Å². The molecule has 1 fully saturated rings. The number of methoxy groups -OCH3 is 1. The summed E-state index contributed by atoms with van der Waals surface area (Å²) < 4.78 is 5.28. The van der Waals surface area contributed by atoms with Gasteiger partial charge < -0.3 is 15.0 Å². The second-order valence-corrected chi connectivity index (χ2v) is 6.15. The molecule has 0 unspecified atom stereocenters. The maximum atomic E-state index is 12.5. The normalized spacial score (nSPS) is 13.8. The number of nitrogens with zero attached hydrogens (tertiary/aromatic N) is 1. The lowest BCUT2D eigenvalue weighted by atomic mass is 10.1. The number of rotatable bonds is 5. The molecule has 0 aliphatic carbocycles. The molecule has 1 aliphatic rings. The molecule has 0 radical (unpaired) electrons. The summed E-state index contributed by atoms with van der Waals surface area (Å²) in [5, 5.41) is 2.93. The van der Waals surface area contributed by atoms with Crippen molar-refractivity contribution in [3.8, 4) is 5.75 Å². The zero-order valence-corrected chi connectivity index (χ0v) is 14.5. The number of anilines is 1. The van der Waals surface area contributed by atoms with E-state index in [-0.39, 0.29) is 11.8 Å². The number of hydrogen-bond acceptors (Lipinski definition) is 3. The van der Waals surface area contributed by atoms with Crippen LogP contribution in [0.5, 0.6) is 5.75 Å². The molecule has 2 aromatic carbocycles. The molecule has 0 saturated carbocycles. The van der Waals surface area contributed by atoms with Crippen LogP contribution < -0.4 is 15.0 Å². The summed E-state index contributed by atoms with van der Waals surface area (Å²) in [6, 6.07) is 13.3. The number of ether oxygens (including phenoxy) is 1. The Hall–Kier alpha value is -2.82. The van der Waals surface area contributed by atoms with Gasteiger partial charge in [0.05, 0.1) is 12.7 Å². The first-order chi connectivity index (χ1) is 12.1. The molecule has 3 rings (SSSR count). The van der Waals surface area contributed by atoms with Gasteiger partial charge in [0, 0.05) is 25.2 Å². The molecule has 130 valence electrons. The SMILES string of the molecule is COc1cccc(C)c1C(=O)NCc1ccc(N2CCCC2=O)cc1. The first-order valence-corrected chi connectivity index (χ1v) is 8.41. The molecule has 2 amide bonds. The molecule has 1 N–H and O–H groups in total. The van der Waals surface area contributed by atoms with E-state index in [0.29, 0.717) is 24.3 Å². The second-order valence-electron chi connectivity index (χ2n) is 6.15. The van der Waals surface area contributed by atoms with Crippen molar-refractivity contribution in [1.29, 1.82) is 0 Å². The van der Waals surface area contributed by atoms with Crippen molar-refractivity contribution in [3.63, 3.8) is 0 Å². The lowest BCUT2D eigenvalue weighted by molar-refractivity contribution is -0.117. The maximum Gasteiger partial charge on any atom is 0.255 e. The molecule has 0 spiro atoms. The van der Waals surface area contributed by atoms with Gasteiger partial charge in [-0.3, -0.25) is 9.59 Å². The van der Waals surface area contributed by atoms with Gasteiger partial charge in [0.25, 0.3) is 5.91 Å².